The van der Waals surface area contributed by atoms with Crippen LogP contribution in [0.3, 0.4) is 0 Å². The minimum Gasteiger partial charge on any atom is -0.208 e. The lowest BCUT2D eigenvalue weighted by atomic mass is 9.91. The Hall–Kier alpha value is -9.29. The standard InChI is InChI=1S/C61H37N5/c62-38-40-19-21-41(22-20-40)50-14-7-16-53(36-50)61-65-59(47-10-2-1-3-11-47)64-60(66-61)48-31-25-43(26-32-48)51-33-34-54(39-63)57(37-51)45-27-23-42(24-28-45)49-13-6-15-52(35-49)56-18-8-12-46-30-29-44-9-4-5-17-55(44)58(46)56/h1-37H. The molecule has 0 saturated carbocycles. The maximum Gasteiger partial charge on any atom is 0.164 e. The van der Waals surface area contributed by atoms with Crippen LogP contribution < -0.4 is 0 Å². The van der Waals surface area contributed by atoms with Gasteiger partial charge in [-0.05, 0) is 108 Å². The molecule has 0 N–H and O–H groups in total. The van der Waals surface area contributed by atoms with Crippen LogP contribution >= 0.6 is 0 Å². The Morgan fingerprint density at radius 3 is 1.44 bits per heavy atom. The van der Waals surface area contributed by atoms with E-state index in [1.54, 1.807) is 0 Å². The molecule has 0 fully saturated rings. The summed E-state index contributed by atoms with van der Waals surface area (Å²) in [7, 11) is 0. The fourth-order valence-electron chi connectivity index (χ4n) is 8.81. The van der Waals surface area contributed by atoms with Gasteiger partial charge in [-0.25, -0.2) is 15.0 Å². The van der Waals surface area contributed by atoms with E-state index in [-0.39, 0.29) is 0 Å². The lowest BCUT2D eigenvalue weighted by Crippen LogP contribution is -2.00. The number of nitrogens with zero attached hydrogens (tertiary/aromatic N) is 5. The van der Waals surface area contributed by atoms with E-state index >= 15 is 0 Å². The molecular formula is C61H37N5. The molecule has 306 valence electrons. The number of aromatic nitrogens is 3. The Morgan fingerprint density at radius 1 is 0.288 bits per heavy atom. The fraction of sp³-hybridized carbons (Fsp3) is 0. The van der Waals surface area contributed by atoms with Crippen LogP contribution in [-0.2, 0) is 0 Å². The highest BCUT2D eigenvalue weighted by atomic mass is 15.0. The zero-order valence-corrected chi connectivity index (χ0v) is 35.6. The van der Waals surface area contributed by atoms with E-state index in [9.17, 15) is 10.5 Å². The van der Waals surface area contributed by atoms with Gasteiger partial charge in [-0.1, -0.05) is 188 Å². The van der Waals surface area contributed by atoms with Gasteiger partial charge in [0.15, 0.2) is 17.5 Å². The van der Waals surface area contributed by atoms with Crippen LogP contribution in [0.25, 0.3) is 111 Å². The van der Waals surface area contributed by atoms with Gasteiger partial charge in [-0.3, -0.25) is 0 Å². The highest BCUT2D eigenvalue weighted by molar-refractivity contribution is 6.14. The fourth-order valence-corrected chi connectivity index (χ4v) is 8.81. The second-order valence-electron chi connectivity index (χ2n) is 16.2. The predicted molar refractivity (Wildman–Crippen MR) is 268 cm³/mol. The molecule has 10 aromatic carbocycles. The van der Waals surface area contributed by atoms with Gasteiger partial charge >= 0.3 is 0 Å². The van der Waals surface area contributed by atoms with E-state index in [1.165, 1.54) is 32.7 Å². The number of nitriles is 2. The highest BCUT2D eigenvalue weighted by Gasteiger charge is 2.15. The van der Waals surface area contributed by atoms with Crippen molar-refractivity contribution in [3.05, 3.63) is 236 Å². The molecule has 0 spiro atoms. The van der Waals surface area contributed by atoms with Gasteiger partial charge in [0.25, 0.3) is 0 Å². The van der Waals surface area contributed by atoms with Gasteiger partial charge in [0, 0.05) is 22.3 Å². The van der Waals surface area contributed by atoms with Crippen LogP contribution in [0.4, 0.5) is 0 Å². The third-order valence-corrected chi connectivity index (χ3v) is 12.2. The normalized spacial score (nSPS) is 11.0. The van der Waals surface area contributed by atoms with E-state index in [4.69, 9.17) is 15.0 Å². The average molecular weight is 840 g/mol. The molecule has 5 nitrogen and oxygen atoms in total. The second kappa shape index (κ2) is 17.1. The summed E-state index contributed by atoms with van der Waals surface area (Å²) in [6, 6.07) is 81.2. The van der Waals surface area contributed by atoms with Crippen LogP contribution in [0.1, 0.15) is 11.1 Å². The molecule has 0 amide bonds. The molecular weight excluding hydrogens is 803 g/mol. The molecule has 11 aromatic rings. The summed E-state index contributed by atoms with van der Waals surface area (Å²) in [6.07, 6.45) is 0. The molecule has 0 aliphatic rings. The first kappa shape index (κ1) is 39.5. The van der Waals surface area contributed by atoms with Crippen molar-refractivity contribution in [2.24, 2.45) is 0 Å². The Morgan fingerprint density at radius 2 is 0.758 bits per heavy atom. The molecule has 0 bridgehead atoms. The Balaban J connectivity index is 0.894. The summed E-state index contributed by atoms with van der Waals surface area (Å²) in [4.78, 5) is 14.9. The van der Waals surface area contributed by atoms with Gasteiger partial charge < -0.3 is 0 Å². The van der Waals surface area contributed by atoms with Crippen molar-refractivity contribution < 1.29 is 0 Å². The first-order valence-corrected chi connectivity index (χ1v) is 21.8. The van der Waals surface area contributed by atoms with Gasteiger partial charge in [0.05, 0.1) is 23.3 Å². The zero-order chi connectivity index (χ0) is 44.4. The molecule has 1 aromatic heterocycles. The average Bonchev–Trinajstić information content (AvgIpc) is 3.40. The molecule has 0 unspecified atom stereocenters. The van der Waals surface area contributed by atoms with Gasteiger partial charge in [-0.2, -0.15) is 10.5 Å². The number of hydrogen-bond acceptors (Lipinski definition) is 5. The van der Waals surface area contributed by atoms with Crippen LogP contribution in [0.15, 0.2) is 224 Å². The van der Waals surface area contributed by atoms with Crippen LogP contribution in [0.2, 0.25) is 0 Å². The quantitative estimate of drug-likeness (QED) is 0.142. The third kappa shape index (κ3) is 7.64. The summed E-state index contributed by atoms with van der Waals surface area (Å²) in [6.45, 7) is 0. The molecule has 0 radical (unpaired) electrons. The van der Waals surface area contributed by atoms with Crippen molar-refractivity contribution in [3.63, 3.8) is 0 Å². The van der Waals surface area contributed by atoms with E-state index in [2.05, 4.69) is 140 Å². The Labute approximate surface area is 382 Å². The topological polar surface area (TPSA) is 86.2 Å². The second-order valence-corrected chi connectivity index (χ2v) is 16.2. The largest absolute Gasteiger partial charge is 0.208 e. The van der Waals surface area contributed by atoms with E-state index in [0.29, 0.717) is 28.6 Å². The van der Waals surface area contributed by atoms with E-state index in [1.807, 2.05) is 97.1 Å². The summed E-state index contributed by atoms with van der Waals surface area (Å²) in [5, 5.41) is 24.5. The van der Waals surface area contributed by atoms with Crippen molar-refractivity contribution in [3.8, 4) is 102 Å². The van der Waals surface area contributed by atoms with Crippen LogP contribution in [0, 0.1) is 22.7 Å². The highest BCUT2D eigenvalue weighted by Crippen LogP contribution is 2.38. The molecule has 0 saturated heterocycles. The number of hydrogen-bond donors (Lipinski definition) is 0. The smallest absolute Gasteiger partial charge is 0.164 e. The minimum atomic E-state index is 0.561. The summed E-state index contributed by atoms with van der Waals surface area (Å²) in [5.74, 6) is 1.70. The number of rotatable bonds is 8. The Kier molecular flexibility index (Phi) is 10.3. The van der Waals surface area contributed by atoms with Gasteiger partial charge in [-0.15, -0.1) is 0 Å². The molecule has 0 aliphatic carbocycles. The number of fused-ring (bicyclic) bond motifs is 3. The van der Waals surface area contributed by atoms with Gasteiger partial charge in [0.1, 0.15) is 0 Å². The first-order valence-electron chi connectivity index (χ1n) is 21.8. The number of benzene rings is 10. The maximum atomic E-state index is 10.2. The maximum absolute atomic E-state index is 10.2. The summed E-state index contributed by atoms with van der Waals surface area (Å²) in [5.41, 5.74) is 14.3. The summed E-state index contributed by atoms with van der Waals surface area (Å²) >= 11 is 0. The van der Waals surface area contributed by atoms with Crippen LogP contribution in [0.5, 0.6) is 0 Å². The van der Waals surface area contributed by atoms with Crippen molar-refractivity contribution in [1.82, 2.24) is 15.0 Å². The lowest BCUT2D eigenvalue weighted by molar-refractivity contribution is 1.07. The molecule has 11 rings (SSSR count). The molecule has 5 heteroatoms. The first-order chi connectivity index (χ1) is 32.6. The Bertz CT molecular complexity index is 3690. The van der Waals surface area contributed by atoms with Crippen molar-refractivity contribution in [2.45, 2.75) is 0 Å². The lowest BCUT2D eigenvalue weighted by Gasteiger charge is -2.13. The van der Waals surface area contributed by atoms with Crippen molar-refractivity contribution in [2.75, 3.05) is 0 Å². The van der Waals surface area contributed by atoms with E-state index < -0.39 is 0 Å². The van der Waals surface area contributed by atoms with Gasteiger partial charge in [0.2, 0.25) is 0 Å². The monoisotopic (exact) mass is 839 g/mol. The molecule has 66 heavy (non-hydrogen) atoms. The minimum absolute atomic E-state index is 0.561. The van der Waals surface area contributed by atoms with Crippen LogP contribution in [-0.4, -0.2) is 15.0 Å². The molecule has 0 atom stereocenters. The SMILES string of the molecule is N#Cc1ccc(-c2cccc(-c3nc(-c4ccccc4)nc(-c4ccc(-c5ccc(C#N)c(-c6ccc(-c7cccc(-c8cccc9ccc%10ccccc%10c89)c7)cc6)c5)cc4)n3)c2)cc1. The molecule has 0 aliphatic heterocycles. The predicted octanol–water partition coefficient (Wildman–Crippen LogP) is 15.3. The third-order valence-electron chi connectivity index (χ3n) is 12.2. The summed E-state index contributed by atoms with van der Waals surface area (Å²) < 4.78 is 0. The van der Waals surface area contributed by atoms with E-state index in [0.717, 1.165) is 61.2 Å². The zero-order valence-electron chi connectivity index (χ0n) is 35.6. The molecule has 1 heterocycles. The van der Waals surface area contributed by atoms with Crippen molar-refractivity contribution >= 4 is 21.5 Å². The van der Waals surface area contributed by atoms with Crippen molar-refractivity contribution in [1.29, 1.82) is 10.5 Å².